The van der Waals surface area contributed by atoms with E-state index in [0.29, 0.717) is 6.04 Å². The summed E-state index contributed by atoms with van der Waals surface area (Å²) in [5.74, 6) is 0. The van der Waals surface area contributed by atoms with E-state index in [-0.39, 0.29) is 12.1 Å². The lowest BCUT2D eigenvalue weighted by atomic mass is 9.99. The molecule has 1 fully saturated rings. The molecule has 4 heteroatoms. The lowest BCUT2D eigenvalue weighted by Crippen LogP contribution is -2.51. The molecule has 2 unspecified atom stereocenters. The summed E-state index contributed by atoms with van der Waals surface area (Å²) in [6.45, 7) is 5.12. The zero-order valence-corrected chi connectivity index (χ0v) is 11.7. The molecule has 1 aromatic rings. The van der Waals surface area contributed by atoms with E-state index in [2.05, 4.69) is 22.9 Å². The fourth-order valence-electron chi connectivity index (χ4n) is 2.50. The molecule has 2 rings (SSSR count). The summed E-state index contributed by atoms with van der Waals surface area (Å²) >= 11 is 0. The van der Waals surface area contributed by atoms with Crippen LogP contribution < -0.4 is 16.0 Å². The second-order valence-electron chi connectivity index (χ2n) is 5.31. The Morgan fingerprint density at radius 2 is 2.26 bits per heavy atom. The van der Waals surface area contributed by atoms with Gasteiger partial charge in [-0.2, -0.15) is 0 Å². The van der Waals surface area contributed by atoms with Gasteiger partial charge < -0.3 is 16.0 Å². The topological polar surface area (TPSA) is 53.2 Å². The molecule has 0 bridgehead atoms. The standard InChI is InChI=1S/C15H23N3O/c1-11-6-5-7-13(10-11)18-15(19)17-12(2)14-8-3-4-9-16-14/h5-7,10,12,14,16H,3-4,8-9H2,1-2H3,(H2,17,18,19). The van der Waals surface area contributed by atoms with E-state index in [1.54, 1.807) is 0 Å². The van der Waals surface area contributed by atoms with E-state index in [0.717, 1.165) is 24.2 Å². The SMILES string of the molecule is Cc1cccc(NC(=O)NC(C)C2CCCCN2)c1. The molecule has 1 saturated heterocycles. The maximum atomic E-state index is 11.9. The molecule has 1 aliphatic heterocycles. The summed E-state index contributed by atoms with van der Waals surface area (Å²) in [6, 6.07) is 8.21. The van der Waals surface area contributed by atoms with E-state index in [1.807, 2.05) is 31.2 Å². The van der Waals surface area contributed by atoms with Crippen molar-refractivity contribution in [1.29, 1.82) is 0 Å². The lowest BCUT2D eigenvalue weighted by Gasteiger charge is -2.29. The predicted molar refractivity (Wildman–Crippen MR) is 78.4 cm³/mol. The summed E-state index contributed by atoms with van der Waals surface area (Å²) in [4.78, 5) is 11.9. The molecule has 0 spiro atoms. The van der Waals surface area contributed by atoms with Gasteiger partial charge in [0.25, 0.3) is 0 Å². The highest BCUT2D eigenvalue weighted by Crippen LogP contribution is 2.11. The first-order chi connectivity index (χ1) is 9.15. The summed E-state index contributed by atoms with van der Waals surface area (Å²) in [5, 5.41) is 9.33. The summed E-state index contributed by atoms with van der Waals surface area (Å²) < 4.78 is 0. The Kier molecular flexibility index (Phi) is 4.80. The second kappa shape index (κ2) is 6.57. The number of hydrogen-bond donors (Lipinski definition) is 3. The molecule has 1 heterocycles. The van der Waals surface area contributed by atoms with Crippen molar-refractivity contribution in [1.82, 2.24) is 10.6 Å². The van der Waals surface area contributed by atoms with E-state index in [9.17, 15) is 4.79 Å². The van der Waals surface area contributed by atoms with Gasteiger partial charge in [0.2, 0.25) is 0 Å². The Balaban J connectivity index is 1.83. The zero-order chi connectivity index (χ0) is 13.7. The first-order valence-electron chi connectivity index (χ1n) is 7.03. The van der Waals surface area contributed by atoms with Crippen LogP contribution in [-0.4, -0.2) is 24.7 Å². The molecule has 4 nitrogen and oxygen atoms in total. The molecule has 2 amide bonds. The van der Waals surface area contributed by atoms with Crippen molar-refractivity contribution in [3.63, 3.8) is 0 Å². The number of piperidine rings is 1. The summed E-state index contributed by atoms with van der Waals surface area (Å²) in [7, 11) is 0. The van der Waals surface area contributed by atoms with Crippen LogP contribution in [0.2, 0.25) is 0 Å². The molecule has 104 valence electrons. The van der Waals surface area contributed by atoms with Crippen LogP contribution >= 0.6 is 0 Å². The molecule has 19 heavy (non-hydrogen) atoms. The Labute approximate surface area is 115 Å². The first kappa shape index (κ1) is 13.9. The number of carbonyl (C=O) groups is 1. The molecule has 0 aliphatic carbocycles. The minimum atomic E-state index is -0.134. The number of urea groups is 1. The molecule has 0 saturated carbocycles. The molecule has 1 aliphatic rings. The van der Waals surface area contributed by atoms with Crippen LogP contribution in [0.5, 0.6) is 0 Å². The van der Waals surface area contributed by atoms with Gasteiger partial charge in [-0.3, -0.25) is 0 Å². The first-order valence-corrected chi connectivity index (χ1v) is 7.03. The smallest absolute Gasteiger partial charge is 0.319 e. The number of amides is 2. The van der Waals surface area contributed by atoms with Gasteiger partial charge in [-0.15, -0.1) is 0 Å². The highest BCUT2D eigenvalue weighted by atomic mass is 16.2. The molecule has 2 atom stereocenters. The maximum absolute atomic E-state index is 11.9. The van der Waals surface area contributed by atoms with Gasteiger partial charge in [0.05, 0.1) is 0 Å². The minimum absolute atomic E-state index is 0.134. The van der Waals surface area contributed by atoms with Gasteiger partial charge in [-0.05, 0) is 50.9 Å². The number of hydrogen-bond acceptors (Lipinski definition) is 2. The van der Waals surface area contributed by atoms with Gasteiger partial charge in [0.15, 0.2) is 0 Å². The maximum Gasteiger partial charge on any atom is 0.319 e. The van der Waals surface area contributed by atoms with E-state index in [1.165, 1.54) is 12.8 Å². The van der Waals surface area contributed by atoms with Crippen molar-refractivity contribution in [3.8, 4) is 0 Å². The normalized spacial score (nSPS) is 20.6. The molecule has 0 aromatic heterocycles. The third-order valence-corrected chi connectivity index (χ3v) is 3.59. The highest BCUT2D eigenvalue weighted by Gasteiger charge is 2.20. The lowest BCUT2D eigenvalue weighted by molar-refractivity contribution is 0.242. The average molecular weight is 261 g/mol. The Bertz CT molecular complexity index is 427. The number of nitrogens with one attached hydrogen (secondary N) is 3. The second-order valence-corrected chi connectivity index (χ2v) is 5.31. The van der Waals surface area contributed by atoms with Crippen LogP contribution in [0.1, 0.15) is 31.7 Å². The average Bonchev–Trinajstić information content (AvgIpc) is 2.39. The van der Waals surface area contributed by atoms with Gasteiger partial charge in [0, 0.05) is 17.8 Å². The van der Waals surface area contributed by atoms with Gasteiger partial charge >= 0.3 is 6.03 Å². The fraction of sp³-hybridized carbons (Fsp3) is 0.533. The van der Waals surface area contributed by atoms with Crippen molar-refractivity contribution in [2.75, 3.05) is 11.9 Å². The van der Waals surface area contributed by atoms with E-state index < -0.39 is 0 Å². The van der Waals surface area contributed by atoms with Gasteiger partial charge in [-0.1, -0.05) is 18.6 Å². The Morgan fingerprint density at radius 1 is 1.42 bits per heavy atom. The third kappa shape index (κ3) is 4.24. The molecule has 0 radical (unpaired) electrons. The summed E-state index contributed by atoms with van der Waals surface area (Å²) in [5.41, 5.74) is 1.97. The van der Waals surface area contributed by atoms with Crippen LogP contribution in [-0.2, 0) is 0 Å². The van der Waals surface area contributed by atoms with Crippen LogP contribution in [0.25, 0.3) is 0 Å². The zero-order valence-electron chi connectivity index (χ0n) is 11.7. The third-order valence-electron chi connectivity index (χ3n) is 3.59. The largest absolute Gasteiger partial charge is 0.334 e. The Morgan fingerprint density at radius 3 is 2.95 bits per heavy atom. The van der Waals surface area contributed by atoms with Crippen LogP contribution in [0.15, 0.2) is 24.3 Å². The van der Waals surface area contributed by atoms with Crippen molar-refractivity contribution in [2.24, 2.45) is 0 Å². The quantitative estimate of drug-likeness (QED) is 0.783. The predicted octanol–water partition coefficient (Wildman–Crippen LogP) is 2.65. The van der Waals surface area contributed by atoms with E-state index in [4.69, 9.17) is 0 Å². The van der Waals surface area contributed by atoms with Crippen molar-refractivity contribution in [2.45, 2.75) is 45.2 Å². The number of anilines is 1. The van der Waals surface area contributed by atoms with Crippen LogP contribution in [0, 0.1) is 6.92 Å². The minimum Gasteiger partial charge on any atom is -0.334 e. The van der Waals surface area contributed by atoms with Crippen LogP contribution in [0.3, 0.4) is 0 Å². The molecular formula is C15H23N3O. The Hall–Kier alpha value is -1.55. The highest BCUT2D eigenvalue weighted by molar-refractivity contribution is 5.89. The van der Waals surface area contributed by atoms with Crippen molar-refractivity contribution >= 4 is 11.7 Å². The van der Waals surface area contributed by atoms with E-state index >= 15 is 0 Å². The van der Waals surface area contributed by atoms with Crippen LogP contribution in [0.4, 0.5) is 10.5 Å². The number of benzene rings is 1. The molecular weight excluding hydrogens is 238 g/mol. The molecule has 3 N–H and O–H groups in total. The monoisotopic (exact) mass is 261 g/mol. The van der Waals surface area contributed by atoms with Gasteiger partial charge in [-0.25, -0.2) is 4.79 Å². The van der Waals surface area contributed by atoms with Crippen molar-refractivity contribution < 1.29 is 4.79 Å². The molecule has 1 aromatic carbocycles. The fourth-order valence-corrected chi connectivity index (χ4v) is 2.50. The van der Waals surface area contributed by atoms with Gasteiger partial charge in [0.1, 0.15) is 0 Å². The number of carbonyl (C=O) groups excluding carboxylic acids is 1. The number of rotatable bonds is 3. The summed E-state index contributed by atoms with van der Waals surface area (Å²) in [6.07, 6.45) is 3.60. The van der Waals surface area contributed by atoms with Crippen molar-refractivity contribution in [3.05, 3.63) is 29.8 Å². The number of aryl methyl sites for hydroxylation is 1.